The summed E-state index contributed by atoms with van der Waals surface area (Å²) in [5, 5.41) is 12.7. The summed E-state index contributed by atoms with van der Waals surface area (Å²) in [6.07, 6.45) is 3.16. The van der Waals surface area contributed by atoms with E-state index < -0.39 is 0 Å². The van der Waals surface area contributed by atoms with Crippen molar-refractivity contribution in [3.8, 4) is 23.0 Å². The zero-order valence-electron chi connectivity index (χ0n) is 20.2. The zero-order chi connectivity index (χ0) is 25.1. The molecule has 1 amide bonds. The van der Waals surface area contributed by atoms with E-state index in [1.807, 2.05) is 51.1 Å². The number of fused-ring (bicyclic) bond motifs is 1. The lowest BCUT2D eigenvalue weighted by atomic mass is 10.2. The van der Waals surface area contributed by atoms with Crippen molar-refractivity contribution in [1.29, 1.82) is 0 Å². The number of amides is 1. The van der Waals surface area contributed by atoms with E-state index in [1.54, 1.807) is 39.8 Å². The fourth-order valence-corrected chi connectivity index (χ4v) is 3.89. The summed E-state index contributed by atoms with van der Waals surface area (Å²) in [6, 6.07) is 16.6. The first kappa shape index (κ1) is 23.0. The molecule has 5 rings (SSSR count). The maximum absolute atomic E-state index is 13.2. The maximum Gasteiger partial charge on any atom is 0.256 e. The van der Waals surface area contributed by atoms with Crippen LogP contribution in [0.15, 0.2) is 67.1 Å². The first-order chi connectivity index (χ1) is 17.6. The summed E-state index contributed by atoms with van der Waals surface area (Å²) in [4.78, 5) is 22.1. The number of aryl methyl sites for hydroxylation is 1. The minimum Gasteiger partial charge on any atom is -0.490 e. The number of rotatable bonds is 8. The minimum absolute atomic E-state index is 0.314. The van der Waals surface area contributed by atoms with E-state index in [0.717, 1.165) is 5.69 Å². The summed E-state index contributed by atoms with van der Waals surface area (Å²) >= 11 is 0. The Morgan fingerprint density at radius 2 is 1.72 bits per heavy atom. The van der Waals surface area contributed by atoms with Crippen molar-refractivity contribution < 1.29 is 14.3 Å². The van der Waals surface area contributed by atoms with Crippen LogP contribution in [0.25, 0.3) is 22.5 Å². The number of para-hydroxylation sites is 1. The molecule has 0 fully saturated rings. The van der Waals surface area contributed by atoms with Crippen molar-refractivity contribution in [1.82, 2.24) is 29.5 Å². The van der Waals surface area contributed by atoms with Gasteiger partial charge in [0.15, 0.2) is 23.0 Å². The number of hydrogen-bond acceptors (Lipinski definition) is 7. The van der Waals surface area contributed by atoms with E-state index in [2.05, 4.69) is 25.5 Å². The smallest absolute Gasteiger partial charge is 0.256 e. The van der Waals surface area contributed by atoms with Crippen LogP contribution in [0.4, 0.5) is 5.82 Å². The second-order valence-corrected chi connectivity index (χ2v) is 7.89. The standard InChI is InChI=1S/C26H25N7O3/c1-4-35-21-12-11-18(14-22(21)36-5-2)26(34)30-23-13-17(3)31-33(23)25-20-15-29-32(24(20)27-16-28-25)19-9-7-6-8-10-19/h6-16H,4-5H2,1-3H3,(H,30,34). The van der Waals surface area contributed by atoms with Gasteiger partial charge in [-0.3, -0.25) is 4.79 Å². The number of carbonyl (C=O) groups is 1. The molecule has 0 radical (unpaired) electrons. The number of nitrogens with zero attached hydrogens (tertiary/aromatic N) is 6. The van der Waals surface area contributed by atoms with Gasteiger partial charge in [0.2, 0.25) is 0 Å². The molecule has 0 aliphatic heterocycles. The quantitative estimate of drug-likeness (QED) is 0.349. The molecule has 1 N–H and O–H groups in total. The van der Waals surface area contributed by atoms with Gasteiger partial charge < -0.3 is 14.8 Å². The molecule has 10 nitrogen and oxygen atoms in total. The van der Waals surface area contributed by atoms with Crippen molar-refractivity contribution >= 4 is 22.8 Å². The normalized spacial score (nSPS) is 11.0. The molecule has 10 heteroatoms. The molecule has 0 saturated heterocycles. The highest BCUT2D eigenvalue weighted by molar-refractivity contribution is 6.04. The number of carbonyl (C=O) groups excluding carboxylic acids is 1. The third-order valence-corrected chi connectivity index (χ3v) is 5.42. The van der Waals surface area contributed by atoms with Crippen LogP contribution >= 0.6 is 0 Å². The molecule has 0 aliphatic carbocycles. The minimum atomic E-state index is -0.314. The Hall–Kier alpha value is -4.73. The number of anilines is 1. The Bertz CT molecular complexity index is 1530. The summed E-state index contributed by atoms with van der Waals surface area (Å²) < 4.78 is 14.6. The number of ether oxygens (including phenoxy) is 2. The molecule has 0 atom stereocenters. The van der Waals surface area contributed by atoms with Gasteiger partial charge in [-0.05, 0) is 51.1 Å². The summed E-state index contributed by atoms with van der Waals surface area (Å²) in [5.74, 6) is 1.77. The van der Waals surface area contributed by atoms with Crippen LogP contribution in [0.2, 0.25) is 0 Å². The number of hydrogen-bond donors (Lipinski definition) is 1. The Morgan fingerprint density at radius 3 is 2.50 bits per heavy atom. The lowest BCUT2D eigenvalue weighted by Crippen LogP contribution is -2.16. The molecule has 182 valence electrons. The molecule has 0 aliphatic rings. The fourth-order valence-electron chi connectivity index (χ4n) is 3.89. The van der Waals surface area contributed by atoms with E-state index in [4.69, 9.17) is 9.47 Å². The highest BCUT2D eigenvalue weighted by Crippen LogP contribution is 2.29. The van der Waals surface area contributed by atoms with Crippen molar-refractivity contribution in [3.63, 3.8) is 0 Å². The van der Waals surface area contributed by atoms with Crippen LogP contribution in [-0.2, 0) is 0 Å². The summed E-state index contributed by atoms with van der Waals surface area (Å²) in [7, 11) is 0. The highest BCUT2D eigenvalue weighted by Gasteiger charge is 2.19. The van der Waals surface area contributed by atoms with Gasteiger partial charge >= 0.3 is 0 Å². The van der Waals surface area contributed by atoms with Crippen LogP contribution in [-0.4, -0.2) is 48.6 Å². The zero-order valence-corrected chi connectivity index (χ0v) is 20.2. The number of nitrogens with one attached hydrogen (secondary N) is 1. The van der Waals surface area contributed by atoms with Gasteiger partial charge in [0.25, 0.3) is 5.91 Å². The Morgan fingerprint density at radius 1 is 0.944 bits per heavy atom. The van der Waals surface area contributed by atoms with Gasteiger partial charge in [-0.25, -0.2) is 14.6 Å². The van der Waals surface area contributed by atoms with Gasteiger partial charge in [0.1, 0.15) is 12.1 Å². The molecule has 0 bridgehead atoms. The lowest BCUT2D eigenvalue weighted by molar-refractivity contribution is 0.102. The van der Waals surface area contributed by atoms with Crippen LogP contribution in [0.3, 0.4) is 0 Å². The SMILES string of the molecule is CCOc1ccc(C(=O)Nc2cc(C)nn2-c2ncnc3c2cnn3-c2ccccc2)cc1OCC. The van der Waals surface area contributed by atoms with Crippen LogP contribution in [0, 0.1) is 6.92 Å². The van der Waals surface area contributed by atoms with Gasteiger partial charge in [-0.15, -0.1) is 0 Å². The van der Waals surface area contributed by atoms with Crippen LogP contribution in [0.5, 0.6) is 11.5 Å². The fraction of sp³-hybridized carbons (Fsp3) is 0.192. The van der Waals surface area contributed by atoms with Gasteiger partial charge in [-0.1, -0.05) is 18.2 Å². The van der Waals surface area contributed by atoms with Crippen molar-refractivity contribution in [2.75, 3.05) is 18.5 Å². The highest BCUT2D eigenvalue weighted by atomic mass is 16.5. The molecule has 0 spiro atoms. The van der Waals surface area contributed by atoms with Crippen molar-refractivity contribution in [2.24, 2.45) is 0 Å². The van der Waals surface area contributed by atoms with Crippen LogP contribution in [0.1, 0.15) is 29.9 Å². The maximum atomic E-state index is 13.2. The van der Waals surface area contributed by atoms with Crippen LogP contribution < -0.4 is 14.8 Å². The molecule has 0 unspecified atom stereocenters. The summed E-state index contributed by atoms with van der Waals surface area (Å²) in [5.41, 5.74) is 2.65. The van der Waals surface area contributed by atoms with E-state index in [0.29, 0.717) is 58.6 Å². The van der Waals surface area contributed by atoms with E-state index in [1.165, 1.54) is 6.33 Å². The Balaban J connectivity index is 1.50. The van der Waals surface area contributed by atoms with Crippen molar-refractivity contribution in [2.45, 2.75) is 20.8 Å². The largest absolute Gasteiger partial charge is 0.490 e. The second kappa shape index (κ2) is 9.87. The topological polar surface area (TPSA) is 109 Å². The van der Waals surface area contributed by atoms with E-state index in [-0.39, 0.29) is 5.91 Å². The first-order valence-electron chi connectivity index (χ1n) is 11.6. The average molecular weight is 484 g/mol. The molecule has 0 saturated carbocycles. The molecule has 3 heterocycles. The predicted molar refractivity (Wildman–Crippen MR) is 135 cm³/mol. The molecule has 3 aromatic heterocycles. The molecular formula is C26H25N7O3. The van der Waals surface area contributed by atoms with Gasteiger partial charge in [-0.2, -0.15) is 14.9 Å². The molecule has 2 aromatic carbocycles. The number of aromatic nitrogens is 6. The second-order valence-electron chi connectivity index (χ2n) is 7.89. The Kier molecular flexibility index (Phi) is 6.31. The molecule has 36 heavy (non-hydrogen) atoms. The van der Waals surface area contributed by atoms with E-state index >= 15 is 0 Å². The monoisotopic (exact) mass is 483 g/mol. The van der Waals surface area contributed by atoms with Gasteiger partial charge in [0.05, 0.1) is 36.2 Å². The third-order valence-electron chi connectivity index (χ3n) is 5.42. The predicted octanol–water partition coefficient (Wildman–Crippen LogP) is 4.36. The Labute approximate surface area is 207 Å². The first-order valence-corrected chi connectivity index (χ1v) is 11.6. The number of benzene rings is 2. The molecular weight excluding hydrogens is 458 g/mol. The summed E-state index contributed by atoms with van der Waals surface area (Å²) in [6.45, 7) is 6.58. The van der Waals surface area contributed by atoms with Gasteiger partial charge in [0, 0.05) is 11.6 Å². The van der Waals surface area contributed by atoms with E-state index in [9.17, 15) is 4.79 Å². The lowest BCUT2D eigenvalue weighted by Gasteiger charge is -2.13. The molecule has 5 aromatic rings. The average Bonchev–Trinajstić information content (AvgIpc) is 3.49. The van der Waals surface area contributed by atoms with Crippen molar-refractivity contribution in [3.05, 3.63) is 78.4 Å². The third kappa shape index (κ3) is 4.36.